The van der Waals surface area contributed by atoms with Gasteiger partial charge in [-0.15, -0.1) is 0 Å². The Kier molecular flexibility index (Phi) is 6.84. The molecule has 1 aliphatic rings. The summed E-state index contributed by atoms with van der Waals surface area (Å²) in [7, 11) is 0. The summed E-state index contributed by atoms with van der Waals surface area (Å²) in [5, 5.41) is 2.96. The molecule has 124 valence electrons. The van der Waals surface area contributed by atoms with Crippen molar-refractivity contribution in [2.75, 3.05) is 0 Å². The Labute approximate surface area is 145 Å². The van der Waals surface area contributed by atoms with Crippen LogP contribution < -0.4 is 5.32 Å². The molecule has 1 aromatic rings. The van der Waals surface area contributed by atoms with E-state index in [2.05, 4.69) is 21.2 Å². The third kappa shape index (κ3) is 6.18. The Hall–Kier alpha value is -1.62. The number of nitrogens with one attached hydrogen (secondary N) is 1. The summed E-state index contributed by atoms with van der Waals surface area (Å²) in [4.78, 5) is 23.9. The maximum atomic E-state index is 12.0. The van der Waals surface area contributed by atoms with Crippen molar-refractivity contribution in [3.8, 4) is 0 Å². The van der Waals surface area contributed by atoms with Gasteiger partial charge in [-0.25, -0.2) is 4.79 Å². The highest BCUT2D eigenvalue weighted by atomic mass is 79.9. The predicted molar refractivity (Wildman–Crippen MR) is 93.7 cm³/mol. The van der Waals surface area contributed by atoms with E-state index in [-0.39, 0.29) is 11.9 Å². The van der Waals surface area contributed by atoms with Crippen molar-refractivity contribution in [3.63, 3.8) is 0 Å². The normalized spacial score (nSPS) is 17.0. The number of hydrogen-bond donors (Lipinski definition) is 1. The molecule has 0 aromatic heterocycles. The minimum atomic E-state index is -0.781. The third-order valence-corrected chi connectivity index (χ3v) is 4.37. The topological polar surface area (TPSA) is 55.4 Å². The zero-order valence-electron chi connectivity index (χ0n) is 13.3. The van der Waals surface area contributed by atoms with Gasteiger partial charge in [0.2, 0.25) is 0 Å². The van der Waals surface area contributed by atoms with E-state index in [1.807, 2.05) is 24.3 Å². The molecular weight excluding hydrogens is 358 g/mol. The van der Waals surface area contributed by atoms with E-state index in [1.54, 1.807) is 13.0 Å². The molecule has 1 atom stereocenters. The van der Waals surface area contributed by atoms with Crippen molar-refractivity contribution in [3.05, 3.63) is 40.4 Å². The maximum absolute atomic E-state index is 12.0. The number of esters is 1. The molecule has 2 rings (SSSR count). The van der Waals surface area contributed by atoms with E-state index in [1.165, 1.54) is 12.5 Å². The number of benzene rings is 1. The molecular formula is C18H22BrNO3. The van der Waals surface area contributed by atoms with Gasteiger partial charge in [-0.1, -0.05) is 47.3 Å². The minimum Gasteiger partial charge on any atom is -0.449 e. The van der Waals surface area contributed by atoms with Gasteiger partial charge in [-0.05, 0) is 43.5 Å². The average Bonchev–Trinajstić information content (AvgIpc) is 2.54. The first-order valence-corrected chi connectivity index (χ1v) is 8.78. The van der Waals surface area contributed by atoms with Crippen molar-refractivity contribution >= 4 is 33.9 Å². The largest absolute Gasteiger partial charge is 0.449 e. The predicted octanol–water partition coefficient (Wildman–Crippen LogP) is 3.84. The Morgan fingerprint density at radius 1 is 1.30 bits per heavy atom. The highest BCUT2D eigenvalue weighted by molar-refractivity contribution is 9.10. The first-order chi connectivity index (χ1) is 11.0. The molecule has 5 heteroatoms. The fraction of sp³-hybridized carbons (Fsp3) is 0.444. The van der Waals surface area contributed by atoms with Crippen molar-refractivity contribution in [2.24, 2.45) is 0 Å². The van der Waals surface area contributed by atoms with E-state index in [0.717, 1.165) is 35.7 Å². The lowest BCUT2D eigenvalue weighted by Gasteiger charge is -2.24. The summed E-state index contributed by atoms with van der Waals surface area (Å²) in [5.41, 5.74) is 0.885. The molecule has 0 unspecified atom stereocenters. The van der Waals surface area contributed by atoms with Crippen LogP contribution in [0.1, 0.15) is 44.6 Å². The monoisotopic (exact) mass is 379 g/mol. The van der Waals surface area contributed by atoms with E-state index in [9.17, 15) is 9.59 Å². The van der Waals surface area contributed by atoms with Crippen LogP contribution in [0.4, 0.5) is 0 Å². The van der Waals surface area contributed by atoms with Crippen LogP contribution in [0.5, 0.6) is 0 Å². The number of ether oxygens (including phenoxy) is 1. The number of halogens is 1. The van der Waals surface area contributed by atoms with E-state index < -0.39 is 12.1 Å². The Morgan fingerprint density at radius 2 is 2.04 bits per heavy atom. The summed E-state index contributed by atoms with van der Waals surface area (Å²) in [6, 6.07) is 7.79. The van der Waals surface area contributed by atoms with Gasteiger partial charge in [0.25, 0.3) is 5.91 Å². The van der Waals surface area contributed by atoms with Crippen molar-refractivity contribution < 1.29 is 14.3 Å². The molecule has 1 saturated carbocycles. The Morgan fingerprint density at radius 3 is 2.74 bits per heavy atom. The zero-order valence-corrected chi connectivity index (χ0v) is 14.8. The SMILES string of the molecule is C[C@H](OC(=O)/C=C/c1cccc(Br)c1)C(=O)NC1CCCCC1. The molecule has 23 heavy (non-hydrogen) atoms. The smallest absolute Gasteiger partial charge is 0.331 e. The second-order valence-corrected chi connectivity index (χ2v) is 6.73. The molecule has 0 aliphatic heterocycles. The van der Waals surface area contributed by atoms with Crippen LogP contribution >= 0.6 is 15.9 Å². The van der Waals surface area contributed by atoms with Gasteiger partial charge in [0.1, 0.15) is 0 Å². The fourth-order valence-corrected chi connectivity index (χ4v) is 3.02. The number of hydrogen-bond acceptors (Lipinski definition) is 3. The third-order valence-electron chi connectivity index (χ3n) is 3.87. The summed E-state index contributed by atoms with van der Waals surface area (Å²) in [6.45, 7) is 1.60. The van der Waals surface area contributed by atoms with Crippen LogP contribution in [0, 0.1) is 0 Å². The van der Waals surface area contributed by atoms with Gasteiger partial charge in [0.15, 0.2) is 6.10 Å². The van der Waals surface area contributed by atoms with Crippen LogP contribution in [-0.2, 0) is 14.3 Å². The van der Waals surface area contributed by atoms with E-state index >= 15 is 0 Å². The molecule has 1 aromatic carbocycles. The lowest BCUT2D eigenvalue weighted by atomic mass is 9.95. The average molecular weight is 380 g/mol. The van der Waals surface area contributed by atoms with Crippen LogP contribution in [-0.4, -0.2) is 24.0 Å². The van der Waals surface area contributed by atoms with Crippen LogP contribution in [0.2, 0.25) is 0 Å². The molecule has 1 fully saturated rings. The molecule has 1 amide bonds. The standard InChI is InChI=1S/C18H22BrNO3/c1-13(18(22)20-16-8-3-2-4-9-16)23-17(21)11-10-14-6-5-7-15(19)12-14/h5-7,10-13,16H,2-4,8-9H2,1H3,(H,20,22)/b11-10+/t13-/m0/s1. The van der Waals surface area contributed by atoms with Gasteiger partial charge in [-0.3, -0.25) is 4.79 Å². The van der Waals surface area contributed by atoms with Crippen LogP contribution in [0.15, 0.2) is 34.8 Å². The second-order valence-electron chi connectivity index (χ2n) is 5.81. The van der Waals surface area contributed by atoms with Gasteiger partial charge < -0.3 is 10.1 Å². The number of rotatable bonds is 5. The van der Waals surface area contributed by atoms with Crippen molar-refractivity contribution in [1.29, 1.82) is 0 Å². The maximum Gasteiger partial charge on any atom is 0.331 e. The molecule has 0 spiro atoms. The van der Waals surface area contributed by atoms with Crippen LogP contribution in [0.3, 0.4) is 0 Å². The van der Waals surface area contributed by atoms with Gasteiger partial charge in [-0.2, -0.15) is 0 Å². The molecule has 4 nitrogen and oxygen atoms in total. The number of carbonyl (C=O) groups excluding carboxylic acids is 2. The number of carbonyl (C=O) groups is 2. The molecule has 0 bridgehead atoms. The highest BCUT2D eigenvalue weighted by Crippen LogP contribution is 2.17. The fourth-order valence-electron chi connectivity index (χ4n) is 2.61. The van der Waals surface area contributed by atoms with Crippen molar-refractivity contribution in [1.82, 2.24) is 5.32 Å². The molecule has 0 saturated heterocycles. The zero-order chi connectivity index (χ0) is 16.7. The Balaban J connectivity index is 1.80. The lowest BCUT2D eigenvalue weighted by molar-refractivity contribution is -0.150. The summed E-state index contributed by atoms with van der Waals surface area (Å²) in [6.07, 6.45) is 7.77. The van der Waals surface area contributed by atoms with Crippen LogP contribution in [0.25, 0.3) is 6.08 Å². The van der Waals surface area contributed by atoms with E-state index in [0.29, 0.717) is 0 Å². The quantitative estimate of drug-likeness (QED) is 0.624. The second kappa shape index (κ2) is 8.87. The van der Waals surface area contributed by atoms with E-state index in [4.69, 9.17) is 4.74 Å². The van der Waals surface area contributed by atoms with Gasteiger partial charge in [0.05, 0.1) is 0 Å². The highest BCUT2D eigenvalue weighted by Gasteiger charge is 2.21. The number of amides is 1. The summed E-state index contributed by atoms with van der Waals surface area (Å²) < 4.78 is 6.09. The molecule has 0 radical (unpaired) electrons. The molecule has 1 N–H and O–H groups in total. The van der Waals surface area contributed by atoms with Crippen molar-refractivity contribution in [2.45, 2.75) is 51.2 Å². The molecule has 1 aliphatic carbocycles. The summed E-state index contributed by atoms with van der Waals surface area (Å²) >= 11 is 3.37. The summed E-state index contributed by atoms with van der Waals surface area (Å²) in [5.74, 6) is -0.739. The molecule has 0 heterocycles. The first kappa shape index (κ1) is 17.7. The first-order valence-electron chi connectivity index (χ1n) is 7.99. The van der Waals surface area contributed by atoms with Gasteiger partial charge in [0, 0.05) is 16.6 Å². The lowest BCUT2D eigenvalue weighted by Crippen LogP contribution is -2.42. The minimum absolute atomic E-state index is 0.217. The van der Waals surface area contributed by atoms with Gasteiger partial charge >= 0.3 is 5.97 Å². The Bertz CT molecular complexity index is 579.